The lowest BCUT2D eigenvalue weighted by molar-refractivity contribution is -0.139. The van der Waals surface area contributed by atoms with Crippen LogP contribution in [0.2, 0.25) is 0 Å². The second-order valence-corrected chi connectivity index (χ2v) is 3.91. The minimum absolute atomic E-state index is 0.00222. The van der Waals surface area contributed by atoms with Crippen LogP contribution in [0.25, 0.3) is 0 Å². The third kappa shape index (κ3) is 3.07. The van der Waals surface area contributed by atoms with Crippen molar-refractivity contribution >= 4 is 11.9 Å². The molecule has 1 N–H and O–H groups in total. The summed E-state index contributed by atoms with van der Waals surface area (Å²) in [5.41, 5.74) is 0.137. The zero-order valence-electron chi connectivity index (χ0n) is 10.1. The summed E-state index contributed by atoms with van der Waals surface area (Å²) in [6.45, 7) is 2.55. The number of aromatic amines is 1. The van der Waals surface area contributed by atoms with E-state index in [1.54, 1.807) is 0 Å². The SMILES string of the molecule is COC(=O)Cc1cc(=O)[nH]c(N2CCOCC2)n1. The van der Waals surface area contributed by atoms with E-state index in [2.05, 4.69) is 14.7 Å². The molecule has 0 spiro atoms. The van der Waals surface area contributed by atoms with Crippen LogP contribution in [0.15, 0.2) is 10.9 Å². The molecule has 7 heteroatoms. The maximum absolute atomic E-state index is 11.5. The van der Waals surface area contributed by atoms with Crippen LogP contribution >= 0.6 is 0 Å². The number of nitrogens with one attached hydrogen (secondary N) is 1. The highest BCUT2D eigenvalue weighted by molar-refractivity contribution is 5.71. The molecule has 0 bridgehead atoms. The van der Waals surface area contributed by atoms with E-state index < -0.39 is 5.97 Å². The van der Waals surface area contributed by atoms with Crippen LogP contribution in [0.1, 0.15) is 5.69 Å². The van der Waals surface area contributed by atoms with Crippen molar-refractivity contribution in [2.75, 3.05) is 38.3 Å². The van der Waals surface area contributed by atoms with E-state index in [-0.39, 0.29) is 12.0 Å². The van der Waals surface area contributed by atoms with Crippen LogP contribution in [0.4, 0.5) is 5.95 Å². The van der Waals surface area contributed by atoms with Crippen molar-refractivity contribution in [2.45, 2.75) is 6.42 Å². The molecular formula is C11H15N3O4. The number of rotatable bonds is 3. The van der Waals surface area contributed by atoms with Crippen LogP contribution in [0.5, 0.6) is 0 Å². The molecule has 1 aromatic heterocycles. The average Bonchev–Trinajstić information content (AvgIpc) is 2.39. The first kappa shape index (κ1) is 12.6. The summed E-state index contributed by atoms with van der Waals surface area (Å²) < 4.78 is 9.78. The Morgan fingerprint density at radius 1 is 1.56 bits per heavy atom. The zero-order chi connectivity index (χ0) is 13.0. The first-order valence-corrected chi connectivity index (χ1v) is 5.69. The maximum atomic E-state index is 11.5. The minimum atomic E-state index is -0.416. The highest BCUT2D eigenvalue weighted by atomic mass is 16.5. The van der Waals surface area contributed by atoms with Crippen molar-refractivity contribution in [3.8, 4) is 0 Å². The van der Waals surface area contributed by atoms with Crippen molar-refractivity contribution < 1.29 is 14.3 Å². The van der Waals surface area contributed by atoms with Crippen molar-refractivity contribution in [2.24, 2.45) is 0 Å². The molecule has 1 aliphatic rings. The van der Waals surface area contributed by atoms with E-state index in [0.717, 1.165) is 0 Å². The van der Waals surface area contributed by atoms with E-state index in [9.17, 15) is 9.59 Å². The smallest absolute Gasteiger partial charge is 0.311 e. The van der Waals surface area contributed by atoms with Crippen LogP contribution in [0.3, 0.4) is 0 Å². The molecule has 0 radical (unpaired) electrons. The Bertz CT molecular complexity index is 479. The molecule has 7 nitrogen and oxygen atoms in total. The van der Waals surface area contributed by atoms with Gasteiger partial charge in [0.25, 0.3) is 5.56 Å². The topological polar surface area (TPSA) is 84.5 Å². The van der Waals surface area contributed by atoms with Gasteiger partial charge < -0.3 is 14.4 Å². The molecule has 98 valence electrons. The lowest BCUT2D eigenvalue weighted by atomic mass is 10.3. The number of hydrogen-bond donors (Lipinski definition) is 1. The van der Waals surface area contributed by atoms with E-state index >= 15 is 0 Å². The summed E-state index contributed by atoms with van der Waals surface area (Å²) in [5.74, 6) is 0.0609. The summed E-state index contributed by atoms with van der Waals surface area (Å²) in [4.78, 5) is 31.5. The predicted molar refractivity (Wildman–Crippen MR) is 63.6 cm³/mol. The lowest BCUT2D eigenvalue weighted by Gasteiger charge is -2.27. The Balaban J connectivity index is 2.20. The molecule has 1 aliphatic heterocycles. The quantitative estimate of drug-likeness (QED) is 0.719. The number of carbonyl (C=O) groups is 1. The Hall–Kier alpha value is -1.89. The molecule has 1 fully saturated rings. The fraction of sp³-hybridized carbons (Fsp3) is 0.545. The van der Waals surface area contributed by atoms with Crippen LogP contribution < -0.4 is 10.5 Å². The number of morpholine rings is 1. The summed E-state index contributed by atoms with van der Waals surface area (Å²) >= 11 is 0. The van der Waals surface area contributed by atoms with Gasteiger partial charge in [0.1, 0.15) is 0 Å². The van der Waals surface area contributed by atoms with Crippen molar-refractivity contribution in [1.82, 2.24) is 9.97 Å². The minimum Gasteiger partial charge on any atom is -0.469 e. The Morgan fingerprint density at radius 2 is 2.28 bits per heavy atom. The molecule has 0 amide bonds. The highest BCUT2D eigenvalue weighted by Gasteiger charge is 2.15. The van der Waals surface area contributed by atoms with E-state index in [1.807, 2.05) is 4.90 Å². The third-order valence-corrected chi connectivity index (χ3v) is 2.65. The molecule has 0 aliphatic carbocycles. The molecule has 2 rings (SSSR count). The number of nitrogens with zero attached hydrogens (tertiary/aromatic N) is 2. The molecule has 18 heavy (non-hydrogen) atoms. The van der Waals surface area contributed by atoms with Gasteiger partial charge in [-0.2, -0.15) is 0 Å². The van der Waals surface area contributed by atoms with Gasteiger partial charge in [-0.15, -0.1) is 0 Å². The number of aromatic nitrogens is 2. The second kappa shape index (κ2) is 5.63. The number of esters is 1. The highest BCUT2D eigenvalue weighted by Crippen LogP contribution is 2.08. The van der Waals surface area contributed by atoms with Gasteiger partial charge in [0.15, 0.2) is 0 Å². The molecule has 0 aromatic carbocycles. The largest absolute Gasteiger partial charge is 0.469 e. The normalized spacial score (nSPS) is 15.5. The average molecular weight is 253 g/mol. The molecule has 0 unspecified atom stereocenters. The summed E-state index contributed by atoms with van der Waals surface area (Å²) in [6.07, 6.45) is -0.00222. The summed E-state index contributed by atoms with van der Waals surface area (Å²) in [5, 5.41) is 0. The van der Waals surface area contributed by atoms with Gasteiger partial charge in [-0.3, -0.25) is 14.6 Å². The van der Waals surface area contributed by atoms with Crippen molar-refractivity contribution in [1.29, 1.82) is 0 Å². The number of methoxy groups -OCH3 is 1. The summed E-state index contributed by atoms with van der Waals surface area (Å²) in [7, 11) is 1.30. The van der Waals surface area contributed by atoms with Crippen LogP contribution in [-0.4, -0.2) is 49.4 Å². The van der Waals surface area contributed by atoms with E-state index in [4.69, 9.17) is 4.74 Å². The number of anilines is 1. The first-order valence-electron chi connectivity index (χ1n) is 5.69. The number of carbonyl (C=O) groups excluding carboxylic acids is 1. The monoisotopic (exact) mass is 253 g/mol. The van der Waals surface area contributed by atoms with Gasteiger partial charge in [-0.25, -0.2) is 4.98 Å². The third-order valence-electron chi connectivity index (χ3n) is 2.65. The van der Waals surface area contributed by atoms with Gasteiger partial charge in [-0.05, 0) is 0 Å². The van der Waals surface area contributed by atoms with Gasteiger partial charge in [-0.1, -0.05) is 0 Å². The lowest BCUT2D eigenvalue weighted by Crippen LogP contribution is -2.38. The fourth-order valence-corrected chi connectivity index (χ4v) is 1.73. The van der Waals surface area contributed by atoms with E-state index in [1.165, 1.54) is 13.2 Å². The standard InChI is InChI=1S/C11H15N3O4/c1-17-10(16)7-8-6-9(15)13-11(12-8)14-2-4-18-5-3-14/h6H,2-5,7H2,1H3,(H,12,13,15). The zero-order valence-corrected chi connectivity index (χ0v) is 10.1. The van der Waals surface area contributed by atoms with Gasteiger partial charge in [0, 0.05) is 19.2 Å². The second-order valence-electron chi connectivity index (χ2n) is 3.91. The van der Waals surface area contributed by atoms with Crippen molar-refractivity contribution in [3.05, 3.63) is 22.1 Å². The molecular weight excluding hydrogens is 238 g/mol. The van der Waals surface area contributed by atoms with Crippen LogP contribution in [0, 0.1) is 0 Å². The number of ether oxygens (including phenoxy) is 2. The molecule has 1 aromatic rings. The number of H-pyrrole nitrogens is 1. The molecule has 1 saturated heterocycles. The molecule has 2 heterocycles. The van der Waals surface area contributed by atoms with Gasteiger partial charge in [0.05, 0.1) is 32.4 Å². The van der Waals surface area contributed by atoms with E-state index in [0.29, 0.717) is 37.9 Å². The van der Waals surface area contributed by atoms with Gasteiger partial charge >= 0.3 is 5.97 Å². The molecule has 0 saturated carbocycles. The predicted octanol–water partition coefficient (Wildman–Crippen LogP) is -0.678. The van der Waals surface area contributed by atoms with Gasteiger partial charge in [0.2, 0.25) is 5.95 Å². The Morgan fingerprint density at radius 3 is 2.94 bits per heavy atom. The van der Waals surface area contributed by atoms with Crippen molar-refractivity contribution in [3.63, 3.8) is 0 Å². The first-order chi connectivity index (χ1) is 8.69. The fourth-order valence-electron chi connectivity index (χ4n) is 1.73. The Kier molecular flexibility index (Phi) is 3.93. The maximum Gasteiger partial charge on any atom is 0.311 e. The Labute approximate surface area is 104 Å². The summed E-state index contributed by atoms with van der Waals surface area (Å²) in [6, 6.07) is 1.31. The number of hydrogen-bond acceptors (Lipinski definition) is 6. The molecule has 0 atom stereocenters. The van der Waals surface area contributed by atoms with Crippen LogP contribution in [-0.2, 0) is 20.7 Å².